The Morgan fingerprint density at radius 2 is 2.04 bits per heavy atom. The Balaban J connectivity index is 2.04. The van der Waals surface area contributed by atoms with Gasteiger partial charge >= 0.3 is 0 Å². The number of pyridine rings is 1. The van der Waals surface area contributed by atoms with Crippen LogP contribution in [0.5, 0.6) is 0 Å². The van der Waals surface area contributed by atoms with Crippen molar-refractivity contribution in [3.63, 3.8) is 0 Å². The van der Waals surface area contributed by atoms with Crippen molar-refractivity contribution in [3.05, 3.63) is 57.6 Å². The Morgan fingerprint density at radius 3 is 2.79 bits per heavy atom. The van der Waals surface area contributed by atoms with Crippen LogP contribution in [0.3, 0.4) is 0 Å². The van der Waals surface area contributed by atoms with Crippen molar-refractivity contribution < 1.29 is 0 Å². The van der Waals surface area contributed by atoms with Crippen molar-refractivity contribution in [3.8, 4) is 6.07 Å². The number of nitrogens with zero attached hydrogens (tertiary/aromatic N) is 4. The monoisotopic (exact) mass is 357 g/mol. The molecule has 5 nitrogen and oxygen atoms in total. The molecule has 0 bridgehead atoms. The second-order valence-corrected chi connectivity index (χ2v) is 6.09. The minimum atomic E-state index is -0.0839. The van der Waals surface area contributed by atoms with Crippen LogP contribution in [0.25, 0.3) is 10.9 Å². The average molecular weight is 358 g/mol. The SMILES string of the molecule is Cc1c(C#N)cccc1[C@@H](C)Nc1nc(Cl)nc2cnc(Cl)cc12. The number of benzene rings is 1. The third-order valence-corrected chi connectivity index (χ3v) is 4.21. The molecule has 0 fully saturated rings. The summed E-state index contributed by atoms with van der Waals surface area (Å²) >= 11 is 12.0. The van der Waals surface area contributed by atoms with Crippen molar-refractivity contribution in [1.82, 2.24) is 15.0 Å². The lowest BCUT2D eigenvalue weighted by molar-refractivity contribution is 0.865. The van der Waals surface area contributed by atoms with Crippen molar-refractivity contribution in [1.29, 1.82) is 5.26 Å². The van der Waals surface area contributed by atoms with Gasteiger partial charge in [-0.25, -0.2) is 15.0 Å². The molecule has 0 saturated heterocycles. The molecule has 0 saturated carbocycles. The Bertz CT molecular complexity index is 965. The molecule has 1 N–H and O–H groups in total. The molecule has 24 heavy (non-hydrogen) atoms. The molecule has 0 aliphatic carbocycles. The zero-order valence-electron chi connectivity index (χ0n) is 13.0. The summed E-state index contributed by atoms with van der Waals surface area (Å²) < 4.78 is 0. The first kappa shape index (κ1) is 16.4. The largest absolute Gasteiger partial charge is 0.363 e. The zero-order chi connectivity index (χ0) is 17.3. The number of rotatable bonds is 3. The van der Waals surface area contributed by atoms with Gasteiger partial charge in [0.1, 0.15) is 11.0 Å². The van der Waals surface area contributed by atoms with Crippen LogP contribution < -0.4 is 5.32 Å². The van der Waals surface area contributed by atoms with Gasteiger partial charge in [0, 0.05) is 5.39 Å². The number of nitriles is 1. The quantitative estimate of drug-likeness (QED) is 0.543. The van der Waals surface area contributed by atoms with E-state index < -0.39 is 0 Å². The summed E-state index contributed by atoms with van der Waals surface area (Å²) in [5, 5.41) is 13.7. The highest BCUT2D eigenvalue weighted by molar-refractivity contribution is 6.30. The fourth-order valence-electron chi connectivity index (χ4n) is 2.61. The highest BCUT2D eigenvalue weighted by Crippen LogP contribution is 2.28. The van der Waals surface area contributed by atoms with Crippen LogP contribution in [0.15, 0.2) is 30.5 Å². The van der Waals surface area contributed by atoms with E-state index in [1.165, 1.54) is 0 Å². The van der Waals surface area contributed by atoms with Crippen molar-refractivity contribution in [2.24, 2.45) is 0 Å². The molecule has 0 aliphatic heterocycles. The Morgan fingerprint density at radius 1 is 1.25 bits per heavy atom. The molecule has 7 heteroatoms. The first-order valence-corrected chi connectivity index (χ1v) is 8.00. The van der Waals surface area contributed by atoms with E-state index >= 15 is 0 Å². The van der Waals surface area contributed by atoms with Crippen LogP contribution in [0.1, 0.15) is 29.7 Å². The molecule has 2 aromatic heterocycles. The average Bonchev–Trinajstić information content (AvgIpc) is 2.55. The third kappa shape index (κ3) is 3.12. The lowest BCUT2D eigenvalue weighted by Crippen LogP contribution is -2.11. The van der Waals surface area contributed by atoms with Gasteiger partial charge in [-0.2, -0.15) is 5.26 Å². The fourth-order valence-corrected chi connectivity index (χ4v) is 2.95. The van der Waals surface area contributed by atoms with E-state index in [0.717, 1.165) is 16.5 Å². The van der Waals surface area contributed by atoms with Crippen LogP contribution >= 0.6 is 23.2 Å². The standard InChI is InChI=1S/C17H13Cl2N5/c1-9-11(7-20)4-3-5-12(9)10(2)22-16-13-6-15(18)21-8-14(13)23-17(19)24-16/h3-6,8,10H,1-2H3,(H,22,23,24)/t10-/m1/s1. The molecule has 0 spiro atoms. The molecular weight excluding hydrogens is 345 g/mol. The molecule has 0 amide bonds. The highest BCUT2D eigenvalue weighted by Gasteiger charge is 2.14. The van der Waals surface area contributed by atoms with Crippen LogP contribution in [0, 0.1) is 18.3 Å². The van der Waals surface area contributed by atoms with Crippen molar-refractivity contribution >= 4 is 39.9 Å². The second kappa shape index (κ2) is 6.60. The molecule has 0 radical (unpaired) electrons. The molecule has 1 atom stereocenters. The summed E-state index contributed by atoms with van der Waals surface area (Å²) in [5.41, 5.74) is 3.21. The van der Waals surface area contributed by atoms with Gasteiger partial charge in [-0.3, -0.25) is 0 Å². The smallest absolute Gasteiger partial charge is 0.224 e. The van der Waals surface area contributed by atoms with E-state index in [1.807, 2.05) is 26.0 Å². The van der Waals surface area contributed by atoms with Gasteiger partial charge in [0.15, 0.2) is 0 Å². The van der Waals surface area contributed by atoms with Crippen molar-refractivity contribution in [2.75, 3.05) is 5.32 Å². The number of hydrogen-bond donors (Lipinski definition) is 1. The zero-order valence-corrected chi connectivity index (χ0v) is 14.5. The van der Waals surface area contributed by atoms with Gasteiger partial charge in [-0.15, -0.1) is 0 Å². The van der Waals surface area contributed by atoms with Crippen LogP contribution in [-0.2, 0) is 0 Å². The first-order chi connectivity index (χ1) is 11.5. The topological polar surface area (TPSA) is 74.5 Å². The number of aromatic nitrogens is 3. The molecule has 1 aromatic carbocycles. The van der Waals surface area contributed by atoms with E-state index in [1.54, 1.807) is 18.3 Å². The Kier molecular flexibility index (Phi) is 4.52. The second-order valence-electron chi connectivity index (χ2n) is 5.36. The molecule has 3 rings (SSSR count). The van der Waals surface area contributed by atoms with Crippen molar-refractivity contribution in [2.45, 2.75) is 19.9 Å². The van der Waals surface area contributed by atoms with Gasteiger partial charge < -0.3 is 5.32 Å². The lowest BCUT2D eigenvalue weighted by atomic mass is 9.98. The maximum absolute atomic E-state index is 9.19. The number of anilines is 1. The van der Waals surface area contributed by atoms with Gasteiger partial charge in [-0.05, 0) is 48.7 Å². The van der Waals surface area contributed by atoms with E-state index in [0.29, 0.717) is 22.1 Å². The fraction of sp³-hybridized carbons (Fsp3) is 0.176. The molecule has 2 heterocycles. The van der Waals surface area contributed by atoms with Gasteiger partial charge in [0.05, 0.1) is 29.4 Å². The van der Waals surface area contributed by atoms with E-state index in [4.69, 9.17) is 23.2 Å². The van der Waals surface area contributed by atoms with Gasteiger partial charge in [0.25, 0.3) is 0 Å². The summed E-state index contributed by atoms with van der Waals surface area (Å²) in [7, 11) is 0. The maximum Gasteiger partial charge on any atom is 0.224 e. The van der Waals surface area contributed by atoms with Crippen LogP contribution in [0.2, 0.25) is 10.4 Å². The van der Waals surface area contributed by atoms with Gasteiger partial charge in [0.2, 0.25) is 5.28 Å². The molecule has 120 valence electrons. The van der Waals surface area contributed by atoms with E-state index in [2.05, 4.69) is 26.3 Å². The summed E-state index contributed by atoms with van der Waals surface area (Å²) in [6.45, 7) is 3.92. The summed E-state index contributed by atoms with van der Waals surface area (Å²) in [5.74, 6) is 0.573. The molecule has 0 unspecified atom stereocenters. The highest BCUT2D eigenvalue weighted by atomic mass is 35.5. The third-order valence-electron chi connectivity index (χ3n) is 3.84. The normalized spacial score (nSPS) is 12.0. The number of halogens is 2. The van der Waals surface area contributed by atoms with Crippen LogP contribution in [-0.4, -0.2) is 15.0 Å². The number of nitrogens with one attached hydrogen (secondary N) is 1. The minimum absolute atomic E-state index is 0.0839. The minimum Gasteiger partial charge on any atom is -0.363 e. The predicted molar refractivity (Wildman–Crippen MR) is 95.3 cm³/mol. The maximum atomic E-state index is 9.19. The molecule has 3 aromatic rings. The molecular formula is C17H13Cl2N5. The van der Waals surface area contributed by atoms with Crippen LogP contribution in [0.4, 0.5) is 5.82 Å². The Labute approximate surface area is 149 Å². The van der Waals surface area contributed by atoms with Gasteiger partial charge in [-0.1, -0.05) is 23.7 Å². The summed E-state index contributed by atoms with van der Waals surface area (Å²) in [6.07, 6.45) is 1.56. The Hall–Kier alpha value is -2.42. The van der Waals surface area contributed by atoms with E-state index in [-0.39, 0.29) is 11.3 Å². The summed E-state index contributed by atoms with van der Waals surface area (Å²) in [6, 6.07) is 9.46. The molecule has 0 aliphatic rings. The summed E-state index contributed by atoms with van der Waals surface area (Å²) in [4.78, 5) is 12.4. The number of hydrogen-bond acceptors (Lipinski definition) is 5. The first-order valence-electron chi connectivity index (χ1n) is 7.24. The number of fused-ring (bicyclic) bond motifs is 1. The van der Waals surface area contributed by atoms with E-state index in [9.17, 15) is 5.26 Å². The predicted octanol–water partition coefficient (Wildman–Crippen LogP) is 4.68. The lowest BCUT2D eigenvalue weighted by Gasteiger charge is -2.19.